The zero-order valence-electron chi connectivity index (χ0n) is 15.1. The fourth-order valence-corrected chi connectivity index (χ4v) is 3.01. The number of methoxy groups -OCH3 is 2. The molecule has 0 atom stereocenters. The minimum atomic E-state index is -0.0294. The number of aromatic nitrogens is 3. The smallest absolute Gasteiger partial charge is 0.255 e. The van der Waals surface area contributed by atoms with Crippen molar-refractivity contribution in [3.63, 3.8) is 0 Å². The number of H-pyrrole nitrogens is 1. The van der Waals surface area contributed by atoms with Gasteiger partial charge in [0.25, 0.3) is 5.56 Å². The first-order chi connectivity index (χ1) is 12.0. The van der Waals surface area contributed by atoms with E-state index < -0.39 is 0 Å². The Morgan fingerprint density at radius 3 is 2.72 bits per heavy atom. The van der Waals surface area contributed by atoms with Crippen LogP contribution in [0.5, 0.6) is 11.8 Å². The van der Waals surface area contributed by atoms with Gasteiger partial charge in [-0.2, -0.15) is 4.98 Å². The highest BCUT2D eigenvalue weighted by molar-refractivity contribution is 5.31. The number of rotatable bonds is 5. The lowest BCUT2D eigenvalue weighted by atomic mass is 10.1. The standard InChI is InChI=1S/C18H24N4O3/c1-11(2)16-19-14-7-8-22(10-13(14)17(23)21-16)9-12-5-6-15(24-3)20-18(12)25-4/h5-6,11H,7-10H2,1-4H3,(H,19,21,23). The second-order valence-electron chi connectivity index (χ2n) is 6.51. The van der Waals surface area contributed by atoms with Crippen LogP contribution < -0.4 is 15.0 Å². The topological polar surface area (TPSA) is 80.3 Å². The molecule has 0 spiro atoms. The highest BCUT2D eigenvalue weighted by Gasteiger charge is 2.23. The Morgan fingerprint density at radius 2 is 2.04 bits per heavy atom. The summed E-state index contributed by atoms with van der Waals surface area (Å²) in [6.07, 6.45) is 0.769. The molecule has 134 valence electrons. The molecular formula is C18H24N4O3. The first kappa shape index (κ1) is 17.4. The Bertz CT molecular complexity index is 816. The van der Waals surface area contributed by atoms with Crippen molar-refractivity contribution in [1.82, 2.24) is 19.9 Å². The third kappa shape index (κ3) is 3.66. The van der Waals surface area contributed by atoms with Crippen LogP contribution in [0.4, 0.5) is 0 Å². The fourth-order valence-electron chi connectivity index (χ4n) is 3.01. The predicted molar refractivity (Wildman–Crippen MR) is 94.1 cm³/mol. The van der Waals surface area contributed by atoms with Gasteiger partial charge < -0.3 is 14.5 Å². The summed E-state index contributed by atoms with van der Waals surface area (Å²) in [6, 6.07) is 3.77. The van der Waals surface area contributed by atoms with Gasteiger partial charge in [0.15, 0.2) is 0 Å². The number of fused-ring (bicyclic) bond motifs is 1. The summed E-state index contributed by atoms with van der Waals surface area (Å²) in [5.74, 6) is 2.04. The Hall–Kier alpha value is -2.41. The number of nitrogens with one attached hydrogen (secondary N) is 1. The van der Waals surface area contributed by atoms with Crippen molar-refractivity contribution >= 4 is 0 Å². The van der Waals surface area contributed by atoms with Gasteiger partial charge in [-0.15, -0.1) is 0 Å². The van der Waals surface area contributed by atoms with Crippen LogP contribution in [0.1, 0.15) is 42.4 Å². The van der Waals surface area contributed by atoms with Gasteiger partial charge in [0.2, 0.25) is 11.8 Å². The van der Waals surface area contributed by atoms with E-state index in [1.54, 1.807) is 14.2 Å². The molecule has 2 aromatic rings. The summed E-state index contributed by atoms with van der Waals surface area (Å²) in [6.45, 7) is 6.14. The lowest BCUT2D eigenvalue weighted by molar-refractivity contribution is 0.236. The van der Waals surface area contributed by atoms with Crippen molar-refractivity contribution in [2.75, 3.05) is 20.8 Å². The number of nitrogens with zero attached hydrogens (tertiary/aromatic N) is 3. The van der Waals surface area contributed by atoms with Crippen molar-refractivity contribution < 1.29 is 9.47 Å². The third-order valence-electron chi connectivity index (χ3n) is 4.42. The molecule has 1 aliphatic heterocycles. The van der Waals surface area contributed by atoms with Crippen molar-refractivity contribution in [2.24, 2.45) is 0 Å². The maximum atomic E-state index is 12.4. The molecule has 0 saturated carbocycles. The quantitative estimate of drug-likeness (QED) is 0.892. The average molecular weight is 344 g/mol. The first-order valence-corrected chi connectivity index (χ1v) is 8.44. The van der Waals surface area contributed by atoms with Gasteiger partial charge >= 0.3 is 0 Å². The number of pyridine rings is 1. The molecular weight excluding hydrogens is 320 g/mol. The summed E-state index contributed by atoms with van der Waals surface area (Å²) in [5.41, 5.74) is 2.62. The SMILES string of the molecule is COc1ccc(CN2CCc3nc(C(C)C)[nH]c(=O)c3C2)c(OC)n1. The molecule has 0 bridgehead atoms. The molecule has 0 aromatic carbocycles. The molecule has 1 aliphatic rings. The molecule has 0 saturated heterocycles. The van der Waals surface area contributed by atoms with E-state index in [0.29, 0.717) is 24.8 Å². The average Bonchev–Trinajstić information content (AvgIpc) is 2.62. The minimum Gasteiger partial charge on any atom is -0.481 e. The van der Waals surface area contributed by atoms with Gasteiger partial charge in [0.05, 0.1) is 25.5 Å². The van der Waals surface area contributed by atoms with Crippen LogP contribution in [-0.4, -0.2) is 40.6 Å². The molecule has 0 radical (unpaired) electrons. The summed E-state index contributed by atoms with van der Waals surface area (Å²) < 4.78 is 10.5. The van der Waals surface area contributed by atoms with E-state index in [4.69, 9.17) is 9.47 Å². The van der Waals surface area contributed by atoms with E-state index in [-0.39, 0.29) is 11.5 Å². The molecule has 0 aliphatic carbocycles. The zero-order chi connectivity index (χ0) is 18.0. The Balaban J connectivity index is 1.81. The molecule has 2 aromatic heterocycles. The normalized spacial score (nSPS) is 14.4. The van der Waals surface area contributed by atoms with Gasteiger partial charge in [-0.1, -0.05) is 13.8 Å². The van der Waals surface area contributed by atoms with Crippen LogP contribution in [0.15, 0.2) is 16.9 Å². The second kappa shape index (κ2) is 7.23. The largest absolute Gasteiger partial charge is 0.481 e. The van der Waals surface area contributed by atoms with Crippen LogP contribution in [0, 0.1) is 0 Å². The molecule has 0 amide bonds. The first-order valence-electron chi connectivity index (χ1n) is 8.44. The van der Waals surface area contributed by atoms with Crippen LogP contribution >= 0.6 is 0 Å². The summed E-state index contributed by atoms with van der Waals surface area (Å²) in [4.78, 5) is 26.5. The fraction of sp³-hybridized carbons (Fsp3) is 0.500. The van der Waals surface area contributed by atoms with Gasteiger partial charge in [-0.3, -0.25) is 9.69 Å². The highest BCUT2D eigenvalue weighted by Crippen LogP contribution is 2.24. The maximum absolute atomic E-state index is 12.4. The Labute approximate surface area is 147 Å². The van der Waals surface area contributed by atoms with Crippen LogP contribution in [0.25, 0.3) is 0 Å². The molecule has 7 heteroatoms. The van der Waals surface area contributed by atoms with Crippen molar-refractivity contribution in [2.45, 2.75) is 39.3 Å². The van der Waals surface area contributed by atoms with Gasteiger partial charge in [-0.25, -0.2) is 4.98 Å². The van der Waals surface area contributed by atoms with E-state index in [2.05, 4.69) is 19.9 Å². The van der Waals surface area contributed by atoms with E-state index in [1.807, 2.05) is 26.0 Å². The van der Waals surface area contributed by atoms with E-state index in [9.17, 15) is 4.79 Å². The molecule has 3 rings (SSSR count). The summed E-state index contributed by atoms with van der Waals surface area (Å²) in [5, 5.41) is 0. The zero-order valence-corrected chi connectivity index (χ0v) is 15.1. The molecule has 3 heterocycles. The van der Waals surface area contributed by atoms with E-state index >= 15 is 0 Å². The van der Waals surface area contributed by atoms with E-state index in [1.165, 1.54) is 0 Å². The third-order valence-corrected chi connectivity index (χ3v) is 4.42. The van der Waals surface area contributed by atoms with Crippen LogP contribution in [0.2, 0.25) is 0 Å². The number of hydrogen-bond donors (Lipinski definition) is 1. The second-order valence-corrected chi connectivity index (χ2v) is 6.51. The Morgan fingerprint density at radius 1 is 1.24 bits per heavy atom. The minimum absolute atomic E-state index is 0.0294. The van der Waals surface area contributed by atoms with Crippen LogP contribution in [-0.2, 0) is 19.5 Å². The lowest BCUT2D eigenvalue weighted by Crippen LogP contribution is -2.36. The highest BCUT2D eigenvalue weighted by atomic mass is 16.5. The van der Waals surface area contributed by atoms with Crippen molar-refractivity contribution in [3.05, 3.63) is 45.1 Å². The van der Waals surface area contributed by atoms with E-state index in [0.717, 1.165) is 35.6 Å². The summed E-state index contributed by atoms with van der Waals surface area (Å²) >= 11 is 0. The molecule has 0 unspecified atom stereocenters. The Kier molecular flexibility index (Phi) is 5.03. The van der Waals surface area contributed by atoms with Gasteiger partial charge in [0, 0.05) is 43.6 Å². The molecule has 1 N–H and O–H groups in total. The number of ether oxygens (including phenoxy) is 2. The molecule has 7 nitrogen and oxygen atoms in total. The van der Waals surface area contributed by atoms with Gasteiger partial charge in [0.1, 0.15) is 5.82 Å². The number of aromatic amines is 1. The monoisotopic (exact) mass is 344 g/mol. The maximum Gasteiger partial charge on any atom is 0.255 e. The van der Waals surface area contributed by atoms with Crippen LogP contribution in [0.3, 0.4) is 0 Å². The van der Waals surface area contributed by atoms with Crippen molar-refractivity contribution in [3.8, 4) is 11.8 Å². The molecule has 25 heavy (non-hydrogen) atoms. The van der Waals surface area contributed by atoms with Gasteiger partial charge in [-0.05, 0) is 6.07 Å². The lowest BCUT2D eigenvalue weighted by Gasteiger charge is -2.28. The molecule has 0 fully saturated rings. The number of hydrogen-bond acceptors (Lipinski definition) is 6. The van der Waals surface area contributed by atoms with Crippen molar-refractivity contribution in [1.29, 1.82) is 0 Å². The summed E-state index contributed by atoms with van der Waals surface area (Å²) in [7, 11) is 3.17. The predicted octanol–water partition coefficient (Wildman–Crippen LogP) is 1.86.